The van der Waals surface area contributed by atoms with Gasteiger partial charge in [0.2, 0.25) is 0 Å². The monoisotopic (exact) mass is 264 g/mol. The zero-order chi connectivity index (χ0) is 14.6. The summed E-state index contributed by atoms with van der Waals surface area (Å²) < 4.78 is 0. The number of carboxylic acids is 1. The molecule has 1 atom stereocenters. The lowest BCUT2D eigenvalue weighted by atomic mass is 10.0. The van der Waals surface area contributed by atoms with Crippen LogP contribution >= 0.6 is 0 Å². The Morgan fingerprint density at radius 3 is 2.53 bits per heavy atom. The number of benzene rings is 1. The van der Waals surface area contributed by atoms with E-state index in [1.165, 1.54) is 0 Å². The minimum Gasteiger partial charge on any atom is -0.480 e. The molecule has 0 aliphatic rings. The third-order valence-electron chi connectivity index (χ3n) is 2.93. The molecule has 5 heteroatoms. The quantitative estimate of drug-likeness (QED) is 0.707. The fourth-order valence-corrected chi connectivity index (χ4v) is 1.83. The summed E-state index contributed by atoms with van der Waals surface area (Å²) in [4.78, 5) is 23.2. The minimum absolute atomic E-state index is 0.184. The lowest BCUT2D eigenvalue weighted by molar-refractivity contribution is -0.139. The van der Waals surface area contributed by atoms with Gasteiger partial charge in [0.1, 0.15) is 6.04 Å². The number of carbonyl (C=O) groups excluding carboxylic acids is 1. The van der Waals surface area contributed by atoms with Gasteiger partial charge >= 0.3 is 5.97 Å². The Kier molecular flexibility index (Phi) is 4.92. The molecular formula is C14H20N2O3. The van der Waals surface area contributed by atoms with E-state index in [9.17, 15) is 9.59 Å². The molecule has 0 aliphatic carbocycles. The Bertz CT molecular complexity index is 484. The molecule has 0 saturated carbocycles. The molecule has 104 valence electrons. The van der Waals surface area contributed by atoms with E-state index in [2.05, 4.69) is 5.32 Å². The van der Waals surface area contributed by atoms with Gasteiger partial charge in [-0.25, -0.2) is 4.79 Å². The first-order chi connectivity index (χ1) is 8.82. The molecule has 1 aromatic rings. The van der Waals surface area contributed by atoms with Crippen molar-refractivity contribution in [3.05, 3.63) is 29.3 Å². The second-order valence-corrected chi connectivity index (χ2v) is 5.01. The first kappa shape index (κ1) is 15.0. The van der Waals surface area contributed by atoms with E-state index >= 15 is 0 Å². The molecule has 1 aromatic carbocycles. The molecule has 19 heavy (non-hydrogen) atoms. The highest BCUT2D eigenvalue weighted by Gasteiger charge is 2.22. The average molecular weight is 264 g/mol. The summed E-state index contributed by atoms with van der Waals surface area (Å²) in [6.45, 7) is 5.56. The maximum Gasteiger partial charge on any atom is 0.326 e. The highest BCUT2D eigenvalue weighted by Crippen LogP contribution is 2.16. The van der Waals surface area contributed by atoms with Crippen molar-refractivity contribution in [2.24, 2.45) is 5.92 Å². The molecule has 0 fully saturated rings. The number of anilines is 1. The van der Waals surface area contributed by atoms with E-state index in [0.717, 1.165) is 0 Å². The highest BCUT2D eigenvalue weighted by molar-refractivity contribution is 5.98. The maximum atomic E-state index is 12.1. The van der Waals surface area contributed by atoms with Crippen LogP contribution in [0.3, 0.4) is 0 Å². The molecule has 1 unspecified atom stereocenters. The molecule has 1 rings (SSSR count). The molecule has 5 nitrogen and oxygen atoms in total. The van der Waals surface area contributed by atoms with E-state index in [1.807, 2.05) is 13.8 Å². The van der Waals surface area contributed by atoms with Gasteiger partial charge < -0.3 is 16.2 Å². The molecule has 4 N–H and O–H groups in total. The summed E-state index contributed by atoms with van der Waals surface area (Å²) in [6, 6.07) is 4.13. The van der Waals surface area contributed by atoms with Crippen molar-refractivity contribution in [2.75, 3.05) is 5.73 Å². The van der Waals surface area contributed by atoms with Crippen molar-refractivity contribution in [3.63, 3.8) is 0 Å². The summed E-state index contributed by atoms with van der Waals surface area (Å²) >= 11 is 0. The van der Waals surface area contributed by atoms with Crippen molar-refractivity contribution in [3.8, 4) is 0 Å². The van der Waals surface area contributed by atoms with Crippen LogP contribution in [0.5, 0.6) is 0 Å². The molecule has 0 aromatic heterocycles. The predicted octanol–water partition coefficient (Wildman–Crippen LogP) is 1.81. The number of nitrogens with one attached hydrogen (secondary N) is 1. The number of hydrogen-bond donors (Lipinski definition) is 3. The topological polar surface area (TPSA) is 92.4 Å². The lowest BCUT2D eigenvalue weighted by Crippen LogP contribution is -2.41. The van der Waals surface area contributed by atoms with Crippen LogP contribution in [0.1, 0.15) is 36.2 Å². The Balaban J connectivity index is 2.88. The molecule has 0 bridgehead atoms. The van der Waals surface area contributed by atoms with Gasteiger partial charge in [0.05, 0.1) is 0 Å². The Labute approximate surface area is 112 Å². The van der Waals surface area contributed by atoms with Crippen LogP contribution < -0.4 is 11.1 Å². The first-order valence-electron chi connectivity index (χ1n) is 6.21. The van der Waals surface area contributed by atoms with Gasteiger partial charge in [-0.1, -0.05) is 19.9 Å². The van der Waals surface area contributed by atoms with E-state index in [1.54, 1.807) is 25.1 Å². The number of nitrogens with two attached hydrogens (primary N) is 1. The van der Waals surface area contributed by atoms with Crippen molar-refractivity contribution in [2.45, 2.75) is 33.2 Å². The number of aliphatic carboxylic acids is 1. The van der Waals surface area contributed by atoms with Crippen molar-refractivity contribution in [1.82, 2.24) is 5.32 Å². The summed E-state index contributed by atoms with van der Waals surface area (Å²) in [5.74, 6) is -1.25. The predicted molar refractivity (Wildman–Crippen MR) is 73.9 cm³/mol. The summed E-state index contributed by atoms with van der Waals surface area (Å²) in [7, 11) is 0. The highest BCUT2D eigenvalue weighted by atomic mass is 16.4. The minimum atomic E-state index is -1.02. The van der Waals surface area contributed by atoms with Gasteiger partial charge in [-0.3, -0.25) is 4.79 Å². The summed E-state index contributed by atoms with van der Waals surface area (Å²) in [6.07, 6.45) is 0.391. The summed E-state index contributed by atoms with van der Waals surface area (Å²) in [5, 5.41) is 11.6. The van der Waals surface area contributed by atoms with Crippen LogP contribution in [0.2, 0.25) is 0 Å². The fourth-order valence-electron chi connectivity index (χ4n) is 1.83. The van der Waals surface area contributed by atoms with Gasteiger partial charge in [0.25, 0.3) is 5.91 Å². The number of rotatable bonds is 5. The molecule has 0 saturated heterocycles. The second-order valence-electron chi connectivity index (χ2n) is 5.01. The fraction of sp³-hybridized carbons (Fsp3) is 0.429. The molecule has 0 radical (unpaired) electrons. The lowest BCUT2D eigenvalue weighted by Gasteiger charge is -2.17. The number of amides is 1. The summed E-state index contributed by atoms with van der Waals surface area (Å²) in [5.41, 5.74) is 7.32. The Hall–Kier alpha value is -2.04. The van der Waals surface area contributed by atoms with Crippen LogP contribution in [0.15, 0.2) is 18.2 Å². The zero-order valence-electron chi connectivity index (χ0n) is 11.4. The van der Waals surface area contributed by atoms with Gasteiger partial charge in [-0.05, 0) is 37.0 Å². The van der Waals surface area contributed by atoms with E-state index in [-0.39, 0.29) is 5.92 Å². The third kappa shape index (κ3) is 3.98. The van der Waals surface area contributed by atoms with Crippen molar-refractivity contribution >= 4 is 17.6 Å². The van der Waals surface area contributed by atoms with Crippen molar-refractivity contribution < 1.29 is 14.7 Å². The zero-order valence-corrected chi connectivity index (χ0v) is 11.4. The standard InChI is InChI=1S/C14H20N2O3/c1-8(2)7-12(14(18)19)16-13(17)10-5-4-6-11(15)9(10)3/h4-6,8,12H,7,15H2,1-3H3,(H,16,17)(H,18,19). The smallest absolute Gasteiger partial charge is 0.326 e. The van der Waals surface area contributed by atoms with E-state index in [0.29, 0.717) is 23.2 Å². The van der Waals surface area contributed by atoms with Crippen LogP contribution in [-0.4, -0.2) is 23.0 Å². The number of hydrogen-bond acceptors (Lipinski definition) is 3. The van der Waals surface area contributed by atoms with Gasteiger partial charge in [0, 0.05) is 11.3 Å². The van der Waals surface area contributed by atoms with Gasteiger partial charge in [-0.2, -0.15) is 0 Å². The molecule has 1 amide bonds. The van der Waals surface area contributed by atoms with Crippen molar-refractivity contribution in [1.29, 1.82) is 0 Å². The van der Waals surface area contributed by atoms with Crippen LogP contribution in [0.25, 0.3) is 0 Å². The first-order valence-corrected chi connectivity index (χ1v) is 6.21. The Morgan fingerprint density at radius 2 is 2.00 bits per heavy atom. The number of carbonyl (C=O) groups is 2. The average Bonchev–Trinajstić information content (AvgIpc) is 2.31. The number of carboxylic acid groups (broad SMARTS) is 1. The second kappa shape index (κ2) is 6.22. The van der Waals surface area contributed by atoms with Gasteiger partial charge in [-0.15, -0.1) is 0 Å². The normalized spacial score (nSPS) is 12.2. The molecule has 0 spiro atoms. The molecule has 0 heterocycles. The largest absolute Gasteiger partial charge is 0.480 e. The SMILES string of the molecule is Cc1c(N)cccc1C(=O)NC(CC(C)C)C(=O)O. The van der Waals surface area contributed by atoms with E-state index < -0.39 is 17.9 Å². The van der Waals surface area contributed by atoms with Gasteiger partial charge in [0.15, 0.2) is 0 Å². The van der Waals surface area contributed by atoms with Crippen LogP contribution in [0.4, 0.5) is 5.69 Å². The van der Waals surface area contributed by atoms with Crippen LogP contribution in [-0.2, 0) is 4.79 Å². The maximum absolute atomic E-state index is 12.1. The third-order valence-corrected chi connectivity index (χ3v) is 2.93. The molecule has 0 aliphatic heterocycles. The molecular weight excluding hydrogens is 244 g/mol. The van der Waals surface area contributed by atoms with E-state index in [4.69, 9.17) is 10.8 Å². The van der Waals surface area contributed by atoms with Crippen LogP contribution in [0, 0.1) is 12.8 Å². The Morgan fingerprint density at radius 1 is 1.37 bits per heavy atom. The number of nitrogen functional groups attached to an aromatic ring is 1.